The van der Waals surface area contributed by atoms with Gasteiger partial charge in [-0.2, -0.15) is 0 Å². The first-order chi connectivity index (χ1) is 14.1. The van der Waals surface area contributed by atoms with Crippen LogP contribution >= 0.6 is 11.6 Å². The number of benzene rings is 3. The lowest BCUT2D eigenvalue weighted by Crippen LogP contribution is -3.32. The molecule has 0 spiro atoms. The Morgan fingerprint density at radius 3 is 2.03 bits per heavy atom. The van der Waals surface area contributed by atoms with Crippen molar-refractivity contribution in [3.63, 3.8) is 0 Å². The molecular weight excluding hydrogens is 383 g/mol. The Kier molecular flexibility index (Phi) is 6.29. The van der Waals surface area contributed by atoms with Crippen LogP contribution in [0.15, 0.2) is 72.8 Å². The van der Waals surface area contributed by atoms with E-state index in [2.05, 4.69) is 43.3 Å². The molecule has 1 aliphatic rings. The van der Waals surface area contributed by atoms with Crippen molar-refractivity contribution in [3.8, 4) is 0 Å². The zero-order valence-corrected chi connectivity index (χ0v) is 17.6. The molecule has 0 aromatic heterocycles. The van der Waals surface area contributed by atoms with Crippen LogP contribution in [0, 0.1) is 12.7 Å². The summed E-state index contributed by atoms with van der Waals surface area (Å²) in [5.74, 6) is -0.180. The van der Waals surface area contributed by atoms with Crippen molar-refractivity contribution in [1.82, 2.24) is 0 Å². The standard InChI is InChI=1S/C25H26ClFN2/c1-19-6-8-20(9-7-19)17-28-14-3-15-29(18-21-10-12-24(27)13-11-21)25(28)22-4-2-5-23(26)16-22/h2,4-13,16,25H,3,14-15,17-18H2,1H3/p+2. The Hall–Kier alpha value is -2.20. The molecule has 3 unspecified atom stereocenters. The average Bonchev–Trinajstić information content (AvgIpc) is 2.72. The third-order valence-electron chi connectivity index (χ3n) is 5.89. The van der Waals surface area contributed by atoms with Crippen LogP contribution in [0.4, 0.5) is 4.39 Å². The van der Waals surface area contributed by atoms with Gasteiger partial charge in [0.15, 0.2) is 0 Å². The fourth-order valence-corrected chi connectivity index (χ4v) is 4.69. The number of halogens is 2. The van der Waals surface area contributed by atoms with Gasteiger partial charge in [-0.1, -0.05) is 59.6 Å². The highest BCUT2D eigenvalue weighted by molar-refractivity contribution is 6.30. The summed E-state index contributed by atoms with van der Waals surface area (Å²) in [5.41, 5.74) is 5.10. The summed E-state index contributed by atoms with van der Waals surface area (Å²) in [4.78, 5) is 3.06. The summed E-state index contributed by atoms with van der Waals surface area (Å²) in [7, 11) is 0. The minimum Gasteiger partial charge on any atom is -0.278 e. The van der Waals surface area contributed by atoms with Crippen molar-refractivity contribution in [3.05, 3.63) is 106 Å². The first-order valence-electron chi connectivity index (χ1n) is 10.3. The lowest BCUT2D eigenvalue weighted by atomic mass is 10.0. The Bertz CT molecular complexity index is 884. The fraction of sp³-hybridized carbons (Fsp3) is 0.280. The second-order valence-electron chi connectivity index (χ2n) is 8.12. The van der Waals surface area contributed by atoms with Crippen molar-refractivity contribution in [2.75, 3.05) is 13.1 Å². The van der Waals surface area contributed by atoms with Gasteiger partial charge < -0.3 is 0 Å². The van der Waals surface area contributed by atoms with Gasteiger partial charge in [0.2, 0.25) is 6.17 Å². The Balaban J connectivity index is 1.63. The molecule has 1 aliphatic heterocycles. The summed E-state index contributed by atoms with van der Waals surface area (Å²) in [6.07, 6.45) is 1.48. The molecule has 0 amide bonds. The summed E-state index contributed by atoms with van der Waals surface area (Å²) in [6.45, 7) is 6.24. The third-order valence-corrected chi connectivity index (χ3v) is 6.13. The first-order valence-corrected chi connectivity index (χ1v) is 10.7. The van der Waals surface area contributed by atoms with Crippen LogP contribution in [0.3, 0.4) is 0 Å². The number of nitrogens with one attached hydrogen (secondary N) is 2. The molecule has 0 radical (unpaired) electrons. The minimum absolute atomic E-state index is 0.180. The molecule has 1 heterocycles. The highest BCUT2D eigenvalue weighted by atomic mass is 35.5. The second-order valence-corrected chi connectivity index (χ2v) is 8.56. The van der Waals surface area contributed by atoms with Gasteiger partial charge in [-0.25, -0.2) is 4.39 Å². The van der Waals surface area contributed by atoms with Crippen molar-refractivity contribution < 1.29 is 14.2 Å². The highest BCUT2D eigenvalue weighted by Crippen LogP contribution is 2.15. The van der Waals surface area contributed by atoms with Gasteiger partial charge in [-0.15, -0.1) is 0 Å². The predicted octanol–water partition coefficient (Wildman–Crippen LogP) is 3.36. The predicted molar refractivity (Wildman–Crippen MR) is 115 cm³/mol. The topological polar surface area (TPSA) is 8.88 Å². The van der Waals surface area contributed by atoms with E-state index in [4.69, 9.17) is 11.6 Å². The van der Waals surface area contributed by atoms with E-state index in [1.54, 1.807) is 17.0 Å². The maximum Gasteiger partial charge on any atom is 0.240 e. The molecule has 150 valence electrons. The van der Waals surface area contributed by atoms with E-state index in [9.17, 15) is 4.39 Å². The number of quaternary nitrogens is 2. The van der Waals surface area contributed by atoms with E-state index in [1.807, 2.05) is 24.3 Å². The Labute approximate surface area is 177 Å². The average molecular weight is 411 g/mol. The van der Waals surface area contributed by atoms with E-state index < -0.39 is 0 Å². The molecule has 1 saturated heterocycles. The Morgan fingerprint density at radius 1 is 0.862 bits per heavy atom. The SMILES string of the molecule is Cc1ccc(C[NH+]2CCC[NH+](Cc3ccc(F)cc3)C2c2cccc(Cl)c2)cc1. The molecule has 0 aliphatic carbocycles. The van der Waals surface area contributed by atoms with Crippen LogP contribution in [0.2, 0.25) is 5.02 Å². The third kappa shape index (κ3) is 5.05. The molecule has 0 saturated carbocycles. The van der Waals surface area contributed by atoms with Crippen molar-refractivity contribution in [2.24, 2.45) is 0 Å². The number of rotatable bonds is 5. The highest BCUT2D eigenvalue weighted by Gasteiger charge is 2.37. The fourth-order valence-electron chi connectivity index (χ4n) is 4.49. The lowest BCUT2D eigenvalue weighted by molar-refractivity contribution is -1.16. The van der Waals surface area contributed by atoms with Crippen LogP contribution in [0.25, 0.3) is 0 Å². The zero-order valence-electron chi connectivity index (χ0n) is 16.8. The molecule has 4 rings (SSSR count). The quantitative estimate of drug-likeness (QED) is 0.638. The van der Waals surface area contributed by atoms with Gasteiger partial charge in [-0.05, 0) is 37.3 Å². The maximum atomic E-state index is 13.4. The van der Waals surface area contributed by atoms with Gasteiger partial charge in [0, 0.05) is 22.6 Å². The molecule has 2 nitrogen and oxygen atoms in total. The van der Waals surface area contributed by atoms with Crippen molar-refractivity contribution >= 4 is 11.6 Å². The summed E-state index contributed by atoms with van der Waals surface area (Å²) >= 11 is 6.35. The largest absolute Gasteiger partial charge is 0.278 e. The van der Waals surface area contributed by atoms with Gasteiger partial charge in [0.1, 0.15) is 18.9 Å². The zero-order chi connectivity index (χ0) is 20.2. The van der Waals surface area contributed by atoms with Gasteiger partial charge in [-0.3, -0.25) is 9.80 Å². The van der Waals surface area contributed by atoms with E-state index in [-0.39, 0.29) is 5.82 Å². The Morgan fingerprint density at radius 2 is 1.45 bits per heavy atom. The van der Waals surface area contributed by atoms with Crippen LogP contribution in [-0.4, -0.2) is 13.1 Å². The van der Waals surface area contributed by atoms with Crippen LogP contribution in [0.1, 0.15) is 34.8 Å². The van der Waals surface area contributed by atoms with Gasteiger partial charge in [0.05, 0.1) is 18.7 Å². The molecular formula is C25H28ClFN2+2. The van der Waals surface area contributed by atoms with Crippen LogP contribution in [-0.2, 0) is 13.1 Å². The maximum absolute atomic E-state index is 13.4. The molecule has 3 aromatic carbocycles. The normalized spacial score (nSPS) is 21.8. The van der Waals surface area contributed by atoms with Crippen molar-refractivity contribution in [2.45, 2.75) is 32.6 Å². The summed E-state index contributed by atoms with van der Waals surface area (Å²) in [6, 6.07) is 24.1. The van der Waals surface area contributed by atoms with Gasteiger partial charge >= 0.3 is 0 Å². The van der Waals surface area contributed by atoms with E-state index >= 15 is 0 Å². The first kappa shape index (κ1) is 20.1. The smallest absolute Gasteiger partial charge is 0.240 e. The molecule has 2 N–H and O–H groups in total. The summed E-state index contributed by atoms with van der Waals surface area (Å²) < 4.78 is 13.4. The summed E-state index contributed by atoms with van der Waals surface area (Å²) in [5, 5.41) is 0.781. The van der Waals surface area contributed by atoms with E-state index in [0.29, 0.717) is 6.17 Å². The monoisotopic (exact) mass is 410 g/mol. The molecule has 0 bridgehead atoms. The molecule has 29 heavy (non-hydrogen) atoms. The minimum atomic E-state index is -0.180. The van der Waals surface area contributed by atoms with Gasteiger partial charge in [0.25, 0.3) is 0 Å². The van der Waals surface area contributed by atoms with E-state index in [1.165, 1.54) is 33.6 Å². The van der Waals surface area contributed by atoms with Crippen molar-refractivity contribution in [1.29, 1.82) is 0 Å². The number of hydrogen-bond donors (Lipinski definition) is 2. The van der Waals surface area contributed by atoms with Crippen LogP contribution < -0.4 is 9.80 Å². The molecule has 3 atom stereocenters. The number of aryl methyl sites for hydroxylation is 1. The molecule has 4 heteroatoms. The lowest BCUT2D eigenvalue weighted by Gasteiger charge is -2.38. The van der Waals surface area contributed by atoms with Crippen LogP contribution in [0.5, 0.6) is 0 Å². The molecule has 1 fully saturated rings. The van der Waals surface area contributed by atoms with E-state index in [0.717, 1.165) is 31.2 Å². The molecule has 3 aromatic rings. The second kappa shape index (κ2) is 9.08. The number of hydrogen-bond acceptors (Lipinski definition) is 0.